The molecule has 0 radical (unpaired) electrons. The third-order valence-corrected chi connectivity index (χ3v) is 5.19. The minimum atomic E-state index is -1.23. The zero-order valence-electron chi connectivity index (χ0n) is 11.8. The fourth-order valence-corrected chi connectivity index (χ4v) is 3.68. The van der Waals surface area contributed by atoms with Crippen LogP contribution in [0.15, 0.2) is 35.2 Å². The average molecular weight is 293 g/mol. The number of amides is 1. The summed E-state index contributed by atoms with van der Waals surface area (Å²) in [6, 6.07) is 9.16. The van der Waals surface area contributed by atoms with E-state index in [1.54, 1.807) is 12.1 Å². The number of nitrogens with one attached hydrogen (secondary N) is 1. The molecule has 1 aromatic carbocycles. The van der Waals surface area contributed by atoms with Crippen LogP contribution >= 0.6 is 0 Å². The van der Waals surface area contributed by atoms with Crippen molar-refractivity contribution >= 4 is 16.7 Å². The fourth-order valence-electron chi connectivity index (χ4n) is 2.72. The van der Waals surface area contributed by atoms with Gasteiger partial charge in [0.25, 0.3) is 0 Å². The van der Waals surface area contributed by atoms with E-state index in [-0.39, 0.29) is 11.7 Å². The molecule has 1 unspecified atom stereocenters. The third-order valence-electron chi connectivity index (χ3n) is 3.87. The minimum Gasteiger partial charge on any atom is -0.355 e. The standard InChI is InChI=1S/C16H23NO2S/c18-16(13-20(19)15-9-5-2-6-10-15)17-12-11-14-7-3-1-4-8-14/h2,5-6,9-10,14H,1,3-4,7-8,11-13H2,(H,17,18). The summed E-state index contributed by atoms with van der Waals surface area (Å²) in [5.74, 6) is 0.723. The Kier molecular flexibility index (Phi) is 6.25. The van der Waals surface area contributed by atoms with E-state index in [9.17, 15) is 9.00 Å². The van der Waals surface area contributed by atoms with Crippen molar-refractivity contribution in [3.63, 3.8) is 0 Å². The first-order valence-electron chi connectivity index (χ1n) is 7.46. The van der Waals surface area contributed by atoms with Gasteiger partial charge in [-0.3, -0.25) is 9.00 Å². The van der Waals surface area contributed by atoms with Crippen LogP contribution in [0.2, 0.25) is 0 Å². The maximum absolute atomic E-state index is 12.0. The molecule has 1 fully saturated rings. The van der Waals surface area contributed by atoms with E-state index in [1.165, 1.54) is 32.1 Å². The molecule has 0 spiro atoms. The van der Waals surface area contributed by atoms with Gasteiger partial charge >= 0.3 is 0 Å². The lowest BCUT2D eigenvalue weighted by Crippen LogP contribution is -2.30. The highest BCUT2D eigenvalue weighted by Crippen LogP contribution is 2.25. The Morgan fingerprint density at radius 3 is 2.55 bits per heavy atom. The van der Waals surface area contributed by atoms with Crippen molar-refractivity contribution in [2.45, 2.75) is 43.4 Å². The smallest absolute Gasteiger partial charge is 0.232 e. The summed E-state index contributed by atoms with van der Waals surface area (Å²) in [7, 11) is -1.23. The first kappa shape index (κ1) is 15.2. The second-order valence-corrected chi connectivity index (χ2v) is 6.90. The van der Waals surface area contributed by atoms with Crippen LogP contribution in [0.5, 0.6) is 0 Å². The second-order valence-electron chi connectivity index (χ2n) is 5.45. The van der Waals surface area contributed by atoms with Gasteiger partial charge in [0, 0.05) is 11.4 Å². The van der Waals surface area contributed by atoms with Gasteiger partial charge in [-0.1, -0.05) is 50.3 Å². The Labute approximate surface area is 123 Å². The molecule has 20 heavy (non-hydrogen) atoms. The normalized spacial score (nSPS) is 17.6. The first-order chi connectivity index (χ1) is 9.75. The predicted octanol–water partition coefficient (Wildman–Crippen LogP) is 2.88. The highest BCUT2D eigenvalue weighted by Gasteiger charge is 2.14. The van der Waals surface area contributed by atoms with E-state index in [0.29, 0.717) is 0 Å². The fraction of sp³-hybridized carbons (Fsp3) is 0.562. The van der Waals surface area contributed by atoms with Gasteiger partial charge < -0.3 is 5.32 Å². The van der Waals surface area contributed by atoms with Gasteiger partial charge in [0.15, 0.2) is 0 Å². The van der Waals surface area contributed by atoms with Gasteiger partial charge in [0.2, 0.25) is 5.91 Å². The van der Waals surface area contributed by atoms with Gasteiger partial charge in [0.05, 0.1) is 10.8 Å². The molecule has 110 valence electrons. The van der Waals surface area contributed by atoms with E-state index in [2.05, 4.69) is 5.32 Å². The van der Waals surface area contributed by atoms with Crippen molar-refractivity contribution in [1.29, 1.82) is 0 Å². The van der Waals surface area contributed by atoms with Crippen molar-refractivity contribution < 1.29 is 9.00 Å². The topological polar surface area (TPSA) is 46.2 Å². The Morgan fingerprint density at radius 2 is 1.85 bits per heavy atom. The molecule has 1 atom stereocenters. The average Bonchev–Trinajstić information content (AvgIpc) is 2.49. The highest BCUT2D eigenvalue weighted by atomic mass is 32.2. The Balaban J connectivity index is 1.66. The van der Waals surface area contributed by atoms with E-state index in [0.717, 1.165) is 23.8 Å². The monoisotopic (exact) mass is 293 g/mol. The number of carbonyl (C=O) groups is 1. The number of hydrogen-bond donors (Lipinski definition) is 1. The molecule has 1 amide bonds. The van der Waals surface area contributed by atoms with Crippen molar-refractivity contribution in [1.82, 2.24) is 5.32 Å². The van der Waals surface area contributed by atoms with Gasteiger partial charge in [-0.15, -0.1) is 0 Å². The number of carbonyl (C=O) groups excluding carboxylic acids is 1. The molecule has 1 aliphatic carbocycles. The molecule has 0 saturated heterocycles. The van der Waals surface area contributed by atoms with Crippen LogP contribution < -0.4 is 5.32 Å². The van der Waals surface area contributed by atoms with Crippen LogP contribution in [0.4, 0.5) is 0 Å². The molecule has 1 aliphatic rings. The molecule has 0 aliphatic heterocycles. The minimum absolute atomic E-state index is 0.0642. The van der Waals surface area contributed by atoms with Crippen molar-refractivity contribution in [3.8, 4) is 0 Å². The summed E-state index contributed by atoms with van der Waals surface area (Å²) in [4.78, 5) is 12.5. The largest absolute Gasteiger partial charge is 0.355 e. The third kappa shape index (κ3) is 5.08. The molecule has 3 nitrogen and oxygen atoms in total. The summed E-state index contributed by atoms with van der Waals surface area (Å²) >= 11 is 0. The molecule has 4 heteroatoms. The zero-order chi connectivity index (χ0) is 14.2. The summed E-state index contributed by atoms with van der Waals surface area (Å²) in [6.45, 7) is 0.718. The van der Waals surface area contributed by atoms with Crippen LogP contribution in [-0.2, 0) is 15.6 Å². The van der Waals surface area contributed by atoms with Crippen molar-refractivity contribution in [3.05, 3.63) is 30.3 Å². The Hall–Kier alpha value is -1.16. The van der Waals surface area contributed by atoms with Crippen LogP contribution in [0.3, 0.4) is 0 Å². The van der Waals surface area contributed by atoms with Gasteiger partial charge in [-0.2, -0.15) is 0 Å². The second kappa shape index (κ2) is 8.20. The first-order valence-corrected chi connectivity index (χ1v) is 8.78. The zero-order valence-corrected chi connectivity index (χ0v) is 12.7. The van der Waals surface area contributed by atoms with Crippen LogP contribution in [0.1, 0.15) is 38.5 Å². The number of benzene rings is 1. The Morgan fingerprint density at radius 1 is 1.15 bits per heavy atom. The predicted molar refractivity (Wildman–Crippen MR) is 81.9 cm³/mol. The van der Waals surface area contributed by atoms with E-state index >= 15 is 0 Å². The lowest BCUT2D eigenvalue weighted by molar-refractivity contribution is -0.118. The van der Waals surface area contributed by atoms with Crippen LogP contribution in [-0.4, -0.2) is 22.4 Å². The lowest BCUT2D eigenvalue weighted by Gasteiger charge is -2.21. The van der Waals surface area contributed by atoms with Crippen LogP contribution in [0.25, 0.3) is 0 Å². The molecule has 1 N–H and O–H groups in total. The molecule has 1 aromatic rings. The molecule has 0 heterocycles. The molecule has 1 saturated carbocycles. The maximum Gasteiger partial charge on any atom is 0.232 e. The summed E-state index contributed by atoms with van der Waals surface area (Å²) in [5.41, 5.74) is 0. The number of rotatable bonds is 6. The van der Waals surface area contributed by atoms with Gasteiger partial charge in [-0.05, 0) is 24.5 Å². The molecule has 2 rings (SSSR count). The maximum atomic E-state index is 12.0. The van der Waals surface area contributed by atoms with E-state index < -0.39 is 10.8 Å². The SMILES string of the molecule is O=C(CS(=O)c1ccccc1)NCCC1CCCCC1. The van der Waals surface area contributed by atoms with E-state index in [1.807, 2.05) is 18.2 Å². The molecular formula is C16H23NO2S. The molecular weight excluding hydrogens is 270 g/mol. The summed E-state index contributed by atoms with van der Waals surface area (Å²) < 4.78 is 12.0. The van der Waals surface area contributed by atoms with E-state index in [4.69, 9.17) is 0 Å². The summed E-state index contributed by atoms with van der Waals surface area (Å²) in [6.07, 6.45) is 7.67. The quantitative estimate of drug-likeness (QED) is 0.876. The molecule has 0 aromatic heterocycles. The summed E-state index contributed by atoms with van der Waals surface area (Å²) in [5, 5.41) is 2.90. The lowest BCUT2D eigenvalue weighted by atomic mass is 9.87. The van der Waals surface area contributed by atoms with Gasteiger partial charge in [-0.25, -0.2) is 0 Å². The van der Waals surface area contributed by atoms with Gasteiger partial charge in [0.1, 0.15) is 5.75 Å². The Bertz CT molecular complexity index is 441. The van der Waals surface area contributed by atoms with Crippen LogP contribution in [0, 0.1) is 5.92 Å². The van der Waals surface area contributed by atoms with Crippen molar-refractivity contribution in [2.24, 2.45) is 5.92 Å². The van der Waals surface area contributed by atoms with Crippen molar-refractivity contribution in [2.75, 3.05) is 12.3 Å². The molecule has 0 bridgehead atoms. The highest BCUT2D eigenvalue weighted by molar-refractivity contribution is 7.85. The number of hydrogen-bond acceptors (Lipinski definition) is 2.